The van der Waals surface area contributed by atoms with E-state index in [-0.39, 0.29) is 5.02 Å². The Hall–Kier alpha value is 0.0700. The fraction of sp³-hybridized carbons (Fsp3) is 0.500. The fourth-order valence-corrected chi connectivity index (χ4v) is 2.50. The van der Waals surface area contributed by atoms with Crippen LogP contribution in [0.3, 0.4) is 0 Å². The van der Waals surface area contributed by atoms with E-state index < -0.39 is 5.82 Å². The zero-order valence-corrected chi connectivity index (χ0v) is 12.8. The Morgan fingerprint density at radius 3 is 2.82 bits per heavy atom. The third-order valence-corrected chi connectivity index (χ3v) is 3.83. The molecule has 1 rings (SSSR count). The summed E-state index contributed by atoms with van der Waals surface area (Å²) >= 11 is 13.2. The molecule has 0 saturated carbocycles. The lowest BCUT2D eigenvalue weighted by atomic mass is 10.1. The van der Waals surface area contributed by atoms with Crippen molar-refractivity contribution in [3.63, 3.8) is 0 Å². The van der Waals surface area contributed by atoms with Crippen molar-refractivity contribution in [1.29, 1.82) is 0 Å². The van der Waals surface area contributed by atoms with Gasteiger partial charge in [0.2, 0.25) is 0 Å². The molecule has 1 nitrogen and oxygen atoms in total. The highest BCUT2D eigenvalue weighted by molar-refractivity contribution is 9.10. The van der Waals surface area contributed by atoms with E-state index in [2.05, 4.69) is 35.5 Å². The zero-order valence-electron chi connectivity index (χ0n) is 9.55. The number of ether oxygens (including phenoxy) is 1. The lowest BCUT2D eigenvalue weighted by Gasteiger charge is -2.15. The third kappa shape index (κ3) is 4.68. The first kappa shape index (κ1) is 15.1. The van der Waals surface area contributed by atoms with Crippen LogP contribution in [0.25, 0.3) is 0 Å². The van der Waals surface area contributed by atoms with Crippen LogP contribution in [-0.4, -0.2) is 12.4 Å². The maximum absolute atomic E-state index is 13.3. The normalized spacial score (nSPS) is 12.5. The molecule has 0 aromatic heterocycles. The number of halogens is 3. The largest absolute Gasteiger partial charge is 0.492 e. The Kier molecular flexibility index (Phi) is 6.67. The Balaban J connectivity index is 2.65. The van der Waals surface area contributed by atoms with Crippen LogP contribution in [0.15, 0.2) is 16.6 Å². The molecule has 0 radical (unpaired) electrons. The van der Waals surface area contributed by atoms with Crippen molar-refractivity contribution in [2.45, 2.75) is 19.8 Å². The molecule has 0 spiro atoms. The summed E-state index contributed by atoms with van der Waals surface area (Å²) in [6, 6.07) is 2.80. The molecule has 1 aromatic rings. The van der Waals surface area contributed by atoms with E-state index in [1.165, 1.54) is 12.1 Å². The molecule has 1 unspecified atom stereocenters. The summed E-state index contributed by atoms with van der Waals surface area (Å²) < 4.78 is 19.5. The summed E-state index contributed by atoms with van der Waals surface area (Å²) in [5.41, 5.74) is 0. The molecule has 0 fully saturated rings. The van der Waals surface area contributed by atoms with Crippen LogP contribution in [0.2, 0.25) is 5.02 Å². The van der Waals surface area contributed by atoms with E-state index in [1.807, 2.05) is 0 Å². The maximum atomic E-state index is 13.3. The average Bonchev–Trinajstić information content (AvgIpc) is 2.30. The van der Waals surface area contributed by atoms with Crippen LogP contribution in [0, 0.1) is 11.7 Å². The zero-order chi connectivity index (χ0) is 12.8. The maximum Gasteiger partial charge on any atom is 0.145 e. The van der Waals surface area contributed by atoms with Gasteiger partial charge in [-0.05, 0) is 34.2 Å². The first-order chi connectivity index (χ1) is 8.08. The topological polar surface area (TPSA) is 9.23 Å². The van der Waals surface area contributed by atoms with Gasteiger partial charge in [0.05, 0.1) is 16.1 Å². The summed E-state index contributed by atoms with van der Waals surface area (Å²) in [5, 5.41) is 0.0866. The molecule has 1 atom stereocenters. The van der Waals surface area contributed by atoms with Gasteiger partial charge in [0, 0.05) is 12.0 Å². The summed E-state index contributed by atoms with van der Waals surface area (Å²) in [5.74, 6) is 1.16. The molecule has 0 aliphatic carbocycles. The second kappa shape index (κ2) is 7.49. The Morgan fingerprint density at radius 1 is 1.53 bits per heavy atom. The van der Waals surface area contributed by atoms with Crippen molar-refractivity contribution in [2.75, 3.05) is 12.4 Å². The predicted octanol–water partition coefficient (Wildman–Crippen LogP) is 4.97. The van der Waals surface area contributed by atoms with Gasteiger partial charge in [-0.25, -0.2) is 4.39 Å². The monoisotopic (exact) mass is 340 g/mol. The lowest BCUT2D eigenvalue weighted by Crippen LogP contribution is -2.13. The highest BCUT2D eigenvalue weighted by Gasteiger charge is 2.11. The van der Waals surface area contributed by atoms with Crippen molar-refractivity contribution in [1.82, 2.24) is 0 Å². The van der Waals surface area contributed by atoms with Crippen molar-refractivity contribution >= 4 is 40.2 Å². The average molecular weight is 342 g/mol. The van der Waals surface area contributed by atoms with Crippen molar-refractivity contribution in [3.05, 3.63) is 27.4 Å². The molecule has 0 aliphatic heterocycles. The molecular formula is C12H15BrClFOS. The SMILES string of the molecule is CCCC(CS)COc1cc(F)c(Cl)cc1Br. The van der Waals surface area contributed by atoms with E-state index in [0.29, 0.717) is 22.7 Å². The van der Waals surface area contributed by atoms with Crippen LogP contribution >= 0.6 is 40.2 Å². The first-order valence-corrected chi connectivity index (χ1v) is 7.27. The second-order valence-corrected chi connectivity index (χ2v) is 5.47. The van der Waals surface area contributed by atoms with Gasteiger partial charge in [-0.3, -0.25) is 0 Å². The molecular weight excluding hydrogens is 327 g/mol. The minimum atomic E-state index is -0.470. The van der Waals surface area contributed by atoms with Crippen LogP contribution in [0.1, 0.15) is 19.8 Å². The first-order valence-electron chi connectivity index (χ1n) is 5.46. The quantitative estimate of drug-likeness (QED) is 0.568. The van der Waals surface area contributed by atoms with E-state index in [9.17, 15) is 4.39 Å². The third-order valence-electron chi connectivity index (χ3n) is 2.40. The molecule has 0 aliphatic rings. The highest BCUT2D eigenvalue weighted by Crippen LogP contribution is 2.31. The van der Waals surface area contributed by atoms with Crippen LogP contribution in [0.5, 0.6) is 5.75 Å². The highest BCUT2D eigenvalue weighted by atomic mass is 79.9. The molecule has 17 heavy (non-hydrogen) atoms. The van der Waals surface area contributed by atoms with Gasteiger partial charge in [-0.1, -0.05) is 24.9 Å². The molecule has 0 heterocycles. The van der Waals surface area contributed by atoms with Crippen molar-refractivity contribution in [2.24, 2.45) is 5.92 Å². The second-order valence-electron chi connectivity index (χ2n) is 3.85. The molecule has 5 heteroatoms. The lowest BCUT2D eigenvalue weighted by molar-refractivity contribution is 0.252. The fourth-order valence-electron chi connectivity index (χ4n) is 1.46. The van der Waals surface area contributed by atoms with Gasteiger partial charge in [0.25, 0.3) is 0 Å². The van der Waals surface area contributed by atoms with Crippen molar-refractivity contribution < 1.29 is 9.13 Å². The van der Waals surface area contributed by atoms with Gasteiger partial charge in [-0.15, -0.1) is 0 Å². The summed E-state index contributed by atoms with van der Waals surface area (Å²) in [7, 11) is 0. The Bertz CT molecular complexity index is 376. The number of rotatable bonds is 6. The smallest absolute Gasteiger partial charge is 0.145 e. The van der Waals surface area contributed by atoms with E-state index >= 15 is 0 Å². The molecule has 0 bridgehead atoms. The van der Waals surface area contributed by atoms with Crippen LogP contribution < -0.4 is 4.74 Å². The summed E-state index contributed by atoms with van der Waals surface area (Å²) in [6.07, 6.45) is 2.14. The number of hydrogen-bond acceptors (Lipinski definition) is 2. The van der Waals surface area contributed by atoms with E-state index in [0.717, 1.165) is 18.6 Å². The molecule has 96 valence electrons. The number of benzene rings is 1. The molecule has 1 aromatic carbocycles. The minimum absolute atomic E-state index is 0.0866. The molecule has 0 saturated heterocycles. The van der Waals surface area contributed by atoms with Crippen LogP contribution in [-0.2, 0) is 0 Å². The minimum Gasteiger partial charge on any atom is -0.492 e. The van der Waals surface area contributed by atoms with Crippen molar-refractivity contribution in [3.8, 4) is 5.75 Å². The number of hydrogen-bond donors (Lipinski definition) is 1. The Morgan fingerprint density at radius 2 is 2.24 bits per heavy atom. The molecule has 0 amide bonds. The Labute approximate surface area is 120 Å². The van der Waals surface area contributed by atoms with Crippen LogP contribution in [0.4, 0.5) is 4.39 Å². The molecule has 0 N–H and O–H groups in total. The summed E-state index contributed by atoms with van der Waals surface area (Å²) in [6.45, 7) is 2.66. The van der Waals surface area contributed by atoms with Gasteiger partial charge < -0.3 is 4.74 Å². The predicted molar refractivity (Wildman–Crippen MR) is 76.9 cm³/mol. The van der Waals surface area contributed by atoms with E-state index in [1.54, 1.807) is 0 Å². The number of thiol groups is 1. The van der Waals surface area contributed by atoms with Gasteiger partial charge in [0.15, 0.2) is 0 Å². The standard InChI is InChI=1S/C12H15BrClFOS/c1-2-3-8(7-17)6-16-12-5-11(15)10(14)4-9(12)13/h4-5,8,17H,2-3,6-7H2,1H3. The summed E-state index contributed by atoms with van der Waals surface area (Å²) in [4.78, 5) is 0. The van der Waals surface area contributed by atoms with E-state index in [4.69, 9.17) is 16.3 Å². The van der Waals surface area contributed by atoms with Gasteiger partial charge in [-0.2, -0.15) is 12.6 Å². The van der Waals surface area contributed by atoms with Gasteiger partial charge >= 0.3 is 0 Å². The van der Waals surface area contributed by atoms with Gasteiger partial charge in [0.1, 0.15) is 11.6 Å².